The van der Waals surface area contributed by atoms with Crippen LogP contribution in [0.15, 0.2) is 43.0 Å². The minimum atomic E-state index is 0.146. The number of allylic oxidation sites excluding steroid dienone is 1. The fourth-order valence-electron chi connectivity index (χ4n) is 4.36. The van der Waals surface area contributed by atoms with Gasteiger partial charge in [-0.1, -0.05) is 18.2 Å². The molecule has 1 aromatic heterocycles. The highest BCUT2D eigenvalue weighted by Gasteiger charge is 2.22. The predicted molar refractivity (Wildman–Crippen MR) is 127 cm³/mol. The van der Waals surface area contributed by atoms with Gasteiger partial charge in [0.25, 0.3) is 0 Å². The van der Waals surface area contributed by atoms with E-state index < -0.39 is 0 Å². The summed E-state index contributed by atoms with van der Waals surface area (Å²) in [4.78, 5) is 29.8. The van der Waals surface area contributed by atoms with Crippen LogP contribution in [0.4, 0.5) is 0 Å². The van der Waals surface area contributed by atoms with Gasteiger partial charge in [0.05, 0.1) is 13.7 Å². The number of ether oxygens (including phenoxy) is 1. The van der Waals surface area contributed by atoms with Crippen LogP contribution in [0.5, 0.6) is 5.75 Å². The molecule has 0 N–H and O–H groups in total. The van der Waals surface area contributed by atoms with E-state index in [4.69, 9.17) is 4.74 Å². The average molecular weight is 438 g/mol. The van der Waals surface area contributed by atoms with Crippen LogP contribution in [-0.2, 0) is 17.8 Å². The lowest BCUT2D eigenvalue weighted by Gasteiger charge is -2.22. The fraction of sp³-hybridized carbons (Fsp3) is 0.462. The van der Waals surface area contributed by atoms with Crippen molar-refractivity contribution < 1.29 is 14.3 Å². The van der Waals surface area contributed by atoms with Crippen LogP contribution in [0.3, 0.4) is 0 Å². The Balaban J connectivity index is 1.51. The maximum absolute atomic E-state index is 13.0. The highest BCUT2D eigenvalue weighted by molar-refractivity contribution is 5.99. The number of aryl methyl sites for hydroxylation is 2. The molecular weight excluding hydrogens is 402 g/mol. The molecule has 0 unspecified atom stereocenters. The molecule has 0 atom stereocenters. The van der Waals surface area contributed by atoms with Crippen molar-refractivity contribution in [2.45, 2.75) is 39.7 Å². The van der Waals surface area contributed by atoms with Gasteiger partial charge in [0.2, 0.25) is 5.91 Å². The number of amides is 1. The van der Waals surface area contributed by atoms with Gasteiger partial charge in [0, 0.05) is 56.1 Å². The standard InChI is InChI=1S/C26H35N3O3/c1-5-13-29-20(2)18-24(21(29)3)25(30)19-27-14-6-15-28(17-16-27)26(31)12-9-22-7-10-23(32-4)11-8-22/h5,7-8,10-11,18H,1,6,9,12-17,19H2,2-4H3. The van der Waals surface area contributed by atoms with Gasteiger partial charge in [-0.25, -0.2) is 0 Å². The quantitative estimate of drug-likeness (QED) is 0.444. The zero-order valence-electron chi connectivity index (χ0n) is 19.6. The molecule has 0 bridgehead atoms. The monoisotopic (exact) mass is 437 g/mol. The molecule has 0 radical (unpaired) electrons. The number of hydrogen-bond donors (Lipinski definition) is 0. The molecule has 1 fully saturated rings. The molecule has 172 valence electrons. The number of aromatic nitrogens is 1. The zero-order valence-corrected chi connectivity index (χ0v) is 19.6. The van der Waals surface area contributed by atoms with Crippen LogP contribution in [0, 0.1) is 13.8 Å². The molecule has 2 aromatic rings. The number of carbonyl (C=O) groups is 2. The van der Waals surface area contributed by atoms with E-state index in [0.717, 1.165) is 60.7 Å². The van der Waals surface area contributed by atoms with Crippen LogP contribution in [0.1, 0.15) is 40.2 Å². The Labute approximate surface area is 191 Å². The van der Waals surface area contributed by atoms with E-state index in [1.165, 1.54) is 0 Å². The van der Waals surface area contributed by atoms with Gasteiger partial charge >= 0.3 is 0 Å². The molecule has 1 aliphatic rings. The summed E-state index contributed by atoms with van der Waals surface area (Å²) in [5, 5.41) is 0. The van der Waals surface area contributed by atoms with Crippen molar-refractivity contribution in [1.82, 2.24) is 14.4 Å². The smallest absolute Gasteiger partial charge is 0.222 e. The number of ketones is 1. The third-order valence-electron chi connectivity index (χ3n) is 6.28. The minimum Gasteiger partial charge on any atom is -0.497 e. The first-order valence-corrected chi connectivity index (χ1v) is 11.4. The van der Waals surface area contributed by atoms with Gasteiger partial charge in [-0.3, -0.25) is 14.5 Å². The first-order chi connectivity index (χ1) is 15.4. The van der Waals surface area contributed by atoms with E-state index in [9.17, 15) is 9.59 Å². The molecule has 0 spiro atoms. The van der Waals surface area contributed by atoms with Gasteiger partial charge in [0.1, 0.15) is 5.75 Å². The molecule has 0 saturated carbocycles. The number of carbonyl (C=O) groups excluding carboxylic acids is 2. The summed E-state index contributed by atoms with van der Waals surface area (Å²) in [6.45, 7) is 11.9. The summed E-state index contributed by atoms with van der Waals surface area (Å²) in [6, 6.07) is 9.85. The molecule has 1 amide bonds. The zero-order chi connectivity index (χ0) is 23.1. The predicted octanol–water partition coefficient (Wildman–Crippen LogP) is 3.65. The van der Waals surface area contributed by atoms with E-state index in [1.807, 2.05) is 55.2 Å². The average Bonchev–Trinajstić information content (AvgIpc) is 2.95. The number of benzene rings is 1. The topological polar surface area (TPSA) is 54.8 Å². The summed E-state index contributed by atoms with van der Waals surface area (Å²) in [7, 11) is 1.65. The highest BCUT2D eigenvalue weighted by Crippen LogP contribution is 2.17. The molecule has 3 rings (SSSR count). The third-order valence-corrected chi connectivity index (χ3v) is 6.28. The Morgan fingerprint density at radius 2 is 1.84 bits per heavy atom. The Morgan fingerprint density at radius 1 is 1.09 bits per heavy atom. The van der Waals surface area contributed by atoms with Crippen LogP contribution in [0.2, 0.25) is 0 Å². The summed E-state index contributed by atoms with van der Waals surface area (Å²) < 4.78 is 7.30. The molecule has 6 nitrogen and oxygen atoms in total. The SMILES string of the molecule is C=CCn1c(C)cc(C(=O)CN2CCCN(C(=O)CCc3ccc(OC)cc3)CC2)c1C. The fourth-order valence-corrected chi connectivity index (χ4v) is 4.36. The Bertz CT molecular complexity index is 946. The van der Waals surface area contributed by atoms with Crippen LogP contribution in [-0.4, -0.2) is 65.9 Å². The van der Waals surface area contributed by atoms with E-state index in [2.05, 4.69) is 16.0 Å². The van der Waals surface area contributed by atoms with E-state index in [1.54, 1.807) is 7.11 Å². The Kier molecular flexibility index (Phi) is 8.28. The Morgan fingerprint density at radius 3 is 2.53 bits per heavy atom. The summed E-state index contributed by atoms with van der Waals surface area (Å²) >= 11 is 0. The normalized spacial score (nSPS) is 14.8. The maximum atomic E-state index is 13.0. The maximum Gasteiger partial charge on any atom is 0.222 e. The Hall–Kier alpha value is -2.86. The van der Waals surface area contributed by atoms with E-state index >= 15 is 0 Å². The first kappa shape index (κ1) is 23.8. The second-order valence-electron chi connectivity index (χ2n) is 8.47. The molecule has 6 heteroatoms. The number of hydrogen-bond acceptors (Lipinski definition) is 4. The van der Waals surface area contributed by atoms with Crippen LogP contribution in [0.25, 0.3) is 0 Å². The number of nitrogens with zero attached hydrogens (tertiary/aromatic N) is 3. The lowest BCUT2D eigenvalue weighted by Crippen LogP contribution is -2.36. The molecule has 1 saturated heterocycles. The molecule has 32 heavy (non-hydrogen) atoms. The van der Waals surface area contributed by atoms with Crippen molar-refractivity contribution in [3.05, 3.63) is 65.5 Å². The molecule has 1 aliphatic heterocycles. The highest BCUT2D eigenvalue weighted by atomic mass is 16.5. The summed E-state index contributed by atoms with van der Waals surface area (Å²) in [5.74, 6) is 1.15. The number of rotatable bonds is 9. The van der Waals surface area contributed by atoms with Crippen molar-refractivity contribution in [1.29, 1.82) is 0 Å². The van der Waals surface area contributed by atoms with Gasteiger partial charge in [-0.15, -0.1) is 6.58 Å². The van der Waals surface area contributed by atoms with Crippen LogP contribution >= 0.6 is 0 Å². The minimum absolute atomic E-state index is 0.146. The molecule has 2 heterocycles. The van der Waals surface area contributed by atoms with Gasteiger partial charge in [0.15, 0.2) is 5.78 Å². The van der Waals surface area contributed by atoms with Gasteiger partial charge in [-0.05, 0) is 50.5 Å². The first-order valence-electron chi connectivity index (χ1n) is 11.4. The van der Waals surface area contributed by atoms with Gasteiger partial charge in [-0.2, -0.15) is 0 Å². The molecular formula is C26H35N3O3. The molecule has 0 aliphatic carbocycles. The van der Waals surface area contributed by atoms with Crippen molar-refractivity contribution in [2.24, 2.45) is 0 Å². The van der Waals surface area contributed by atoms with Crippen molar-refractivity contribution in [3.8, 4) is 5.75 Å². The van der Waals surface area contributed by atoms with Crippen molar-refractivity contribution >= 4 is 11.7 Å². The van der Waals surface area contributed by atoms with E-state index in [-0.39, 0.29) is 11.7 Å². The number of methoxy groups -OCH3 is 1. The van der Waals surface area contributed by atoms with Gasteiger partial charge < -0.3 is 14.2 Å². The van der Waals surface area contributed by atoms with Crippen molar-refractivity contribution in [2.75, 3.05) is 39.8 Å². The molecule has 1 aromatic carbocycles. The third kappa shape index (κ3) is 5.88. The van der Waals surface area contributed by atoms with Crippen LogP contribution < -0.4 is 4.74 Å². The van der Waals surface area contributed by atoms with Crippen molar-refractivity contribution in [3.63, 3.8) is 0 Å². The summed E-state index contributed by atoms with van der Waals surface area (Å²) in [6.07, 6.45) is 3.96. The lowest BCUT2D eigenvalue weighted by atomic mass is 10.1. The second kappa shape index (κ2) is 11.1. The van der Waals surface area contributed by atoms with E-state index in [0.29, 0.717) is 26.1 Å². The number of Topliss-reactive ketones (excluding diaryl/α,β-unsaturated/α-hetero) is 1. The largest absolute Gasteiger partial charge is 0.497 e. The lowest BCUT2D eigenvalue weighted by molar-refractivity contribution is -0.131. The summed E-state index contributed by atoms with van der Waals surface area (Å²) in [5.41, 5.74) is 4.00. The second-order valence-corrected chi connectivity index (χ2v) is 8.47.